The number of hydrogen-bond donors (Lipinski definition) is 0. The lowest BCUT2D eigenvalue weighted by Gasteiger charge is -2.12. The van der Waals surface area contributed by atoms with Gasteiger partial charge in [0.05, 0.1) is 11.6 Å². The van der Waals surface area contributed by atoms with Gasteiger partial charge in [-0.25, -0.2) is 24.3 Å². The summed E-state index contributed by atoms with van der Waals surface area (Å²) in [5.41, 5.74) is 1.90. The maximum Gasteiger partial charge on any atom is 0.197 e. The van der Waals surface area contributed by atoms with E-state index in [4.69, 9.17) is 21.1 Å². The molecule has 1 fully saturated rings. The summed E-state index contributed by atoms with van der Waals surface area (Å²) in [5.74, 6) is 1.39. The summed E-state index contributed by atoms with van der Waals surface area (Å²) in [7, 11) is 1.59. The molecule has 0 spiro atoms. The summed E-state index contributed by atoms with van der Waals surface area (Å²) >= 11 is 6.01. The van der Waals surface area contributed by atoms with Crippen molar-refractivity contribution in [3.05, 3.63) is 65.0 Å². The number of rotatable bonds is 7. The topological polar surface area (TPSA) is 70.0 Å². The van der Waals surface area contributed by atoms with Crippen molar-refractivity contribution in [3.63, 3.8) is 0 Å². The fourth-order valence-electron chi connectivity index (χ4n) is 3.16. The van der Waals surface area contributed by atoms with E-state index in [9.17, 15) is 4.39 Å². The number of benzene rings is 1. The summed E-state index contributed by atoms with van der Waals surface area (Å²) in [5, 5.41) is 0.0903. The van der Waals surface area contributed by atoms with Gasteiger partial charge in [0.15, 0.2) is 11.6 Å². The van der Waals surface area contributed by atoms with Gasteiger partial charge in [0.25, 0.3) is 0 Å². The first-order valence-electron chi connectivity index (χ1n) is 8.87. The lowest BCUT2D eigenvalue weighted by Crippen LogP contribution is -2.06. The van der Waals surface area contributed by atoms with Crippen LogP contribution in [0.1, 0.15) is 29.4 Å². The Hall–Kier alpha value is -2.64. The van der Waals surface area contributed by atoms with Crippen LogP contribution in [0.3, 0.4) is 0 Å². The second-order valence-corrected chi connectivity index (χ2v) is 6.91. The van der Waals surface area contributed by atoms with Gasteiger partial charge < -0.3 is 9.47 Å². The Morgan fingerprint density at radius 2 is 1.75 bits per heavy atom. The zero-order chi connectivity index (χ0) is 19.5. The van der Waals surface area contributed by atoms with Crippen LogP contribution in [-0.2, 0) is 4.74 Å². The fraction of sp³-hybridized carbons (Fsp3) is 0.300. The predicted molar refractivity (Wildman–Crippen MR) is 102 cm³/mol. The van der Waals surface area contributed by atoms with Crippen LogP contribution < -0.4 is 4.74 Å². The fourth-order valence-corrected chi connectivity index (χ4v) is 3.33. The van der Waals surface area contributed by atoms with Crippen molar-refractivity contribution in [3.8, 4) is 17.4 Å². The molecule has 0 N–H and O–H groups in total. The lowest BCUT2D eigenvalue weighted by atomic mass is 10.1. The molecular formula is C20H18ClFN4O2. The molecule has 1 aliphatic carbocycles. The second-order valence-electron chi connectivity index (χ2n) is 6.51. The van der Waals surface area contributed by atoms with Crippen molar-refractivity contribution in [2.75, 3.05) is 20.3 Å². The van der Waals surface area contributed by atoms with Gasteiger partial charge in [0.2, 0.25) is 0 Å². The van der Waals surface area contributed by atoms with Crippen molar-refractivity contribution >= 4 is 11.6 Å². The molecule has 0 unspecified atom stereocenters. The van der Waals surface area contributed by atoms with E-state index in [1.807, 2.05) is 0 Å². The number of methoxy groups -OCH3 is 1. The zero-order valence-electron chi connectivity index (χ0n) is 15.2. The first-order chi connectivity index (χ1) is 13.7. The Labute approximate surface area is 166 Å². The molecule has 6 nitrogen and oxygen atoms in total. The van der Waals surface area contributed by atoms with Crippen molar-refractivity contribution in [1.82, 2.24) is 19.9 Å². The first-order valence-corrected chi connectivity index (χ1v) is 9.25. The molecule has 2 atom stereocenters. The Bertz CT molecular complexity index is 956. The number of halogens is 2. The van der Waals surface area contributed by atoms with E-state index < -0.39 is 5.82 Å². The van der Waals surface area contributed by atoms with E-state index in [1.54, 1.807) is 44.0 Å². The molecule has 1 aliphatic rings. The summed E-state index contributed by atoms with van der Waals surface area (Å²) in [6.07, 6.45) is 7.78. The van der Waals surface area contributed by atoms with Gasteiger partial charge in [-0.05, 0) is 41.5 Å². The largest absolute Gasteiger partial charge is 0.491 e. The van der Waals surface area contributed by atoms with Crippen LogP contribution in [0.5, 0.6) is 5.75 Å². The van der Waals surface area contributed by atoms with Gasteiger partial charge in [0.1, 0.15) is 18.2 Å². The van der Waals surface area contributed by atoms with E-state index in [-0.39, 0.29) is 16.9 Å². The molecule has 0 bridgehead atoms. The van der Waals surface area contributed by atoms with Crippen molar-refractivity contribution in [2.24, 2.45) is 0 Å². The highest BCUT2D eigenvalue weighted by molar-refractivity contribution is 6.30. The lowest BCUT2D eigenvalue weighted by molar-refractivity contribution is 0.145. The molecule has 2 aromatic heterocycles. The van der Waals surface area contributed by atoms with Gasteiger partial charge in [0, 0.05) is 38.0 Å². The number of hydrogen-bond acceptors (Lipinski definition) is 6. The zero-order valence-corrected chi connectivity index (χ0v) is 15.9. The van der Waals surface area contributed by atoms with Gasteiger partial charge >= 0.3 is 0 Å². The minimum atomic E-state index is -0.495. The van der Waals surface area contributed by atoms with Crippen LogP contribution in [0.4, 0.5) is 4.39 Å². The molecule has 1 aromatic carbocycles. The average Bonchev–Trinajstić information content (AvgIpc) is 3.52. The van der Waals surface area contributed by atoms with E-state index in [0.29, 0.717) is 30.6 Å². The van der Waals surface area contributed by atoms with Gasteiger partial charge in [-0.2, -0.15) is 0 Å². The monoisotopic (exact) mass is 400 g/mol. The van der Waals surface area contributed by atoms with Gasteiger partial charge in [-0.15, -0.1) is 0 Å². The maximum atomic E-state index is 13.9. The Morgan fingerprint density at radius 3 is 2.46 bits per heavy atom. The summed E-state index contributed by atoms with van der Waals surface area (Å²) < 4.78 is 24.6. The Balaban J connectivity index is 1.53. The highest BCUT2D eigenvalue weighted by atomic mass is 35.5. The molecule has 3 aromatic rings. The summed E-state index contributed by atoms with van der Waals surface area (Å²) in [6, 6.07) is 4.73. The van der Waals surface area contributed by atoms with Crippen molar-refractivity contribution in [2.45, 2.75) is 18.3 Å². The predicted octanol–water partition coefficient (Wildman–Crippen LogP) is 4.02. The number of aromatic nitrogens is 4. The smallest absolute Gasteiger partial charge is 0.197 e. The third kappa shape index (κ3) is 3.95. The summed E-state index contributed by atoms with van der Waals surface area (Å²) in [6.45, 7) is 0.769. The third-order valence-corrected chi connectivity index (χ3v) is 4.94. The molecule has 1 saturated carbocycles. The highest BCUT2D eigenvalue weighted by Crippen LogP contribution is 2.57. The molecule has 0 saturated heterocycles. The van der Waals surface area contributed by atoms with Crippen LogP contribution in [0.2, 0.25) is 5.02 Å². The summed E-state index contributed by atoms with van der Waals surface area (Å²) in [4.78, 5) is 17.1. The molecular weight excluding hydrogens is 383 g/mol. The standard InChI is InChI=1S/C20H18ClFN4O2/c1-27-5-6-28-18-9-17(22)16(21)8-15(18)14-7-13(14)12-10-25-20(26-11-12)19-23-3-2-4-24-19/h2-4,8-11,13-14H,5-7H2,1H3/t13-,14-/m0/s1. The van der Waals surface area contributed by atoms with E-state index in [1.165, 1.54) is 6.07 Å². The second kappa shape index (κ2) is 8.16. The van der Waals surface area contributed by atoms with Crippen LogP contribution in [0.25, 0.3) is 11.6 Å². The van der Waals surface area contributed by atoms with Crippen LogP contribution >= 0.6 is 11.6 Å². The molecule has 144 valence electrons. The van der Waals surface area contributed by atoms with E-state index >= 15 is 0 Å². The minimum Gasteiger partial charge on any atom is -0.491 e. The van der Waals surface area contributed by atoms with Gasteiger partial charge in [-0.3, -0.25) is 0 Å². The normalized spacial score (nSPS) is 18.1. The molecule has 0 radical (unpaired) electrons. The number of ether oxygens (including phenoxy) is 2. The van der Waals surface area contributed by atoms with Crippen molar-refractivity contribution in [1.29, 1.82) is 0 Å². The van der Waals surface area contributed by atoms with E-state index in [0.717, 1.165) is 17.5 Å². The van der Waals surface area contributed by atoms with Crippen molar-refractivity contribution < 1.29 is 13.9 Å². The van der Waals surface area contributed by atoms with Gasteiger partial charge in [-0.1, -0.05) is 11.6 Å². The SMILES string of the molecule is COCCOc1cc(F)c(Cl)cc1[C@H]1C[C@H]1c1cnc(-c2ncccn2)nc1. The minimum absolute atomic E-state index is 0.0903. The molecule has 28 heavy (non-hydrogen) atoms. The molecule has 2 heterocycles. The Kier molecular flexibility index (Phi) is 5.45. The number of nitrogens with zero attached hydrogens (tertiary/aromatic N) is 4. The van der Waals surface area contributed by atoms with Crippen LogP contribution in [0.15, 0.2) is 43.0 Å². The van der Waals surface area contributed by atoms with Crippen LogP contribution in [0, 0.1) is 5.82 Å². The molecule has 0 aliphatic heterocycles. The average molecular weight is 401 g/mol. The highest BCUT2D eigenvalue weighted by Gasteiger charge is 2.42. The maximum absolute atomic E-state index is 13.9. The third-order valence-electron chi connectivity index (χ3n) is 4.65. The quantitative estimate of drug-likeness (QED) is 0.558. The molecule has 8 heteroatoms. The van der Waals surface area contributed by atoms with E-state index in [2.05, 4.69) is 19.9 Å². The first kappa shape index (κ1) is 18.7. The van der Waals surface area contributed by atoms with Crippen LogP contribution in [-0.4, -0.2) is 40.3 Å². The molecule has 0 amide bonds. The molecule has 4 rings (SSSR count). The Morgan fingerprint density at radius 1 is 1.04 bits per heavy atom.